The number of benzene rings is 2. The number of fused-ring (bicyclic) bond motifs is 1. The van der Waals surface area contributed by atoms with Crippen LogP contribution >= 0.6 is 0 Å². The number of halogens is 1. The molecule has 18 heavy (non-hydrogen) atoms. The highest BCUT2D eigenvalue weighted by molar-refractivity contribution is 5.67. The average molecular weight is 243 g/mol. The minimum absolute atomic E-state index is 0.216. The molecule has 3 heteroatoms. The zero-order valence-corrected chi connectivity index (χ0v) is 9.95. The predicted molar refractivity (Wildman–Crippen MR) is 68.9 cm³/mol. The Kier molecular flexibility index (Phi) is 2.76. The van der Waals surface area contributed by atoms with Crippen LogP contribution in [0.5, 0.6) is 5.75 Å². The number of rotatable bonds is 2. The minimum atomic E-state index is -0.245. The first-order valence-corrected chi connectivity index (χ1v) is 6.02. The van der Waals surface area contributed by atoms with Crippen LogP contribution in [0.2, 0.25) is 0 Å². The van der Waals surface area contributed by atoms with Gasteiger partial charge in [0.2, 0.25) is 0 Å². The Bertz CT molecular complexity index is 586. The van der Waals surface area contributed by atoms with E-state index < -0.39 is 0 Å². The quantitative estimate of drug-likeness (QED) is 0.880. The molecule has 2 nitrogen and oxygen atoms in total. The van der Waals surface area contributed by atoms with E-state index in [0.717, 1.165) is 29.9 Å². The highest BCUT2D eigenvalue weighted by Crippen LogP contribution is 2.31. The van der Waals surface area contributed by atoms with E-state index in [4.69, 9.17) is 10.5 Å². The summed E-state index contributed by atoms with van der Waals surface area (Å²) in [5, 5.41) is 0. The minimum Gasteiger partial charge on any atom is -0.493 e. The van der Waals surface area contributed by atoms with E-state index in [0.29, 0.717) is 5.56 Å². The van der Waals surface area contributed by atoms with Crippen molar-refractivity contribution in [3.63, 3.8) is 0 Å². The number of ether oxygens (including phenoxy) is 1. The first-order valence-electron chi connectivity index (χ1n) is 6.02. The molecular weight excluding hydrogens is 229 g/mol. The summed E-state index contributed by atoms with van der Waals surface area (Å²) in [5.41, 5.74) is 9.36. The van der Waals surface area contributed by atoms with Crippen molar-refractivity contribution < 1.29 is 9.13 Å². The topological polar surface area (TPSA) is 35.2 Å². The second-order valence-corrected chi connectivity index (χ2v) is 4.43. The molecule has 1 heterocycles. The standard InChI is InChI=1S/C15H14FNO/c16-14-3-1-10(8-13(14)9-17)11-2-4-15-12(7-11)5-6-18-15/h1-4,7-8H,5-6,9,17H2. The fourth-order valence-corrected chi connectivity index (χ4v) is 2.28. The van der Waals surface area contributed by atoms with Gasteiger partial charge in [-0.3, -0.25) is 0 Å². The molecule has 0 spiro atoms. The molecule has 0 bridgehead atoms. The van der Waals surface area contributed by atoms with Gasteiger partial charge in [-0.05, 0) is 41.0 Å². The van der Waals surface area contributed by atoms with Crippen LogP contribution in [-0.2, 0) is 13.0 Å². The van der Waals surface area contributed by atoms with Crippen LogP contribution in [0.25, 0.3) is 11.1 Å². The van der Waals surface area contributed by atoms with Crippen LogP contribution in [-0.4, -0.2) is 6.61 Å². The SMILES string of the molecule is NCc1cc(-c2ccc3c(c2)CCO3)ccc1F. The van der Waals surface area contributed by atoms with Crippen LogP contribution in [0.15, 0.2) is 36.4 Å². The van der Waals surface area contributed by atoms with Gasteiger partial charge >= 0.3 is 0 Å². The van der Waals surface area contributed by atoms with Gasteiger partial charge in [-0.25, -0.2) is 4.39 Å². The van der Waals surface area contributed by atoms with E-state index in [2.05, 4.69) is 6.07 Å². The molecule has 3 rings (SSSR count). The maximum atomic E-state index is 13.4. The van der Waals surface area contributed by atoms with Gasteiger partial charge < -0.3 is 10.5 Å². The van der Waals surface area contributed by atoms with E-state index in [-0.39, 0.29) is 12.4 Å². The number of nitrogens with two attached hydrogens (primary N) is 1. The Labute approximate surface area is 105 Å². The molecular formula is C15H14FNO. The van der Waals surface area contributed by atoms with Crippen LogP contribution in [0.3, 0.4) is 0 Å². The van der Waals surface area contributed by atoms with Crippen molar-refractivity contribution in [2.24, 2.45) is 5.73 Å². The zero-order valence-electron chi connectivity index (χ0n) is 9.95. The summed E-state index contributed by atoms with van der Waals surface area (Å²) >= 11 is 0. The summed E-state index contributed by atoms with van der Waals surface area (Å²) in [6, 6.07) is 11.1. The Morgan fingerprint density at radius 1 is 1.11 bits per heavy atom. The van der Waals surface area contributed by atoms with E-state index in [1.807, 2.05) is 18.2 Å². The maximum Gasteiger partial charge on any atom is 0.127 e. The molecule has 0 saturated carbocycles. The van der Waals surface area contributed by atoms with E-state index in [9.17, 15) is 4.39 Å². The molecule has 0 unspecified atom stereocenters. The van der Waals surface area contributed by atoms with Gasteiger partial charge in [0.15, 0.2) is 0 Å². The maximum absolute atomic E-state index is 13.4. The lowest BCUT2D eigenvalue weighted by molar-refractivity contribution is 0.357. The molecule has 0 atom stereocenters. The summed E-state index contributed by atoms with van der Waals surface area (Å²) in [7, 11) is 0. The first kappa shape index (κ1) is 11.2. The average Bonchev–Trinajstić information content (AvgIpc) is 2.86. The van der Waals surface area contributed by atoms with Gasteiger partial charge in [-0.2, -0.15) is 0 Å². The van der Waals surface area contributed by atoms with Gasteiger partial charge in [-0.1, -0.05) is 12.1 Å². The third-order valence-electron chi connectivity index (χ3n) is 3.29. The van der Waals surface area contributed by atoms with E-state index in [1.54, 1.807) is 6.07 Å². The van der Waals surface area contributed by atoms with Crippen molar-refractivity contribution >= 4 is 0 Å². The van der Waals surface area contributed by atoms with E-state index >= 15 is 0 Å². The summed E-state index contributed by atoms with van der Waals surface area (Å²) in [6.07, 6.45) is 0.939. The Balaban J connectivity index is 2.04. The smallest absolute Gasteiger partial charge is 0.127 e. The van der Waals surface area contributed by atoms with Crippen molar-refractivity contribution in [3.8, 4) is 16.9 Å². The lowest BCUT2D eigenvalue weighted by Crippen LogP contribution is -1.99. The summed E-state index contributed by atoms with van der Waals surface area (Å²) in [5.74, 6) is 0.714. The lowest BCUT2D eigenvalue weighted by Gasteiger charge is -2.07. The van der Waals surface area contributed by atoms with Gasteiger partial charge in [-0.15, -0.1) is 0 Å². The van der Waals surface area contributed by atoms with Gasteiger partial charge in [0.1, 0.15) is 11.6 Å². The van der Waals surface area contributed by atoms with Crippen LogP contribution in [0.1, 0.15) is 11.1 Å². The number of hydrogen-bond donors (Lipinski definition) is 1. The van der Waals surface area contributed by atoms with Crippen LogP contribution < -0.4 is 10.5 Å². The van der Waals surface area contributed by atoms with Gasteiger partial charge in [0, 0.05) is 18.5 Å². The highest BCUT2D eigenvalue weighted by Gasteiger charge is 2.13. The number of hydrogen-bond acceptors (Lipinski definition) is 2. The molecule has 2 aromatic carbocycles. The molecule has 0 saturated heterocycles. The third-order valence-corrected chi connectivity index (χ3v) is 3.29. The van der Waals surface area contributed by atoms with Crippen LogP contribution in [0.4, 0.5) is 4.39 Å². The second-order valence-electron chi connectivity index (χ2n) is 4.43. The molecule has 2 N–H and O–H groups in total. The van der Waals surface area contributed by atoms with Crippen molar-refractivity contribution in [2.45, 2.75) is 13.0 Å². The third kappa shape index (κ3) is 1.87. The first-order chi connectivity index (χ1) is 8.78. The largest absolute Gasteiger partial charge is 0.493 e. The Morgan fingerprint density at radius 2 is 1.89 bits per heavy atom. The predicted octanol–water partition coefficient (Wildman–Crippen LogP) is 2.89. The van der Waals surface area contributed by atoms with Crippen molar-refractivity contribution in [2.75, 3.05) is 6.61 Å². The fourth-order valence-electron chi connectivity index (χ4n) is 2.28. The molecule has 0 amide bonds. The Hall–Kier alpha value is -1.87. The van der Waals surface area contributed by atoms with Crippen molar-refractivity contribution in [1.82, 2.24) is 0 Å². The highest BCUT2D eigenvalue weighted by atomic mass is 19.1. The summed E-state index contributed by atoms with van der Waals surface area (Å²) < 4.78 is 18.9. The molecule has 0 radical (unpaired) electrons. The Morgan fingerprint density at radius 3 is 2.72 bits per heavy atom. The van der Waals surface area contributed by atoms with Crippen LogP contribution in [0, 0.1) is 5.82 Å². The lowest BCUT2D eigenvalue weighted by atomic mass is 10.00. The summed E-state index contributed by atoms with van der Waals surface area (Å²) in [6.45, 7) is 0.962. The van der Waals surface area contributed by atoms with Gasteiger partial charge in [0.25, 0.3) is 0 Å². The molecule has 2 aromatic rings. The monoisotopic (exact) mass is 243 g/mol. The zero-order chi connectivity index (χ0) is 12.5. The molecule has 0 fully saturated rings. The molecule has 0 aromatic heterocycles. The molecule has 1 aliphatic rings. The molecule has 1 aliphatic heterocycles. The summed E-state index contributed by atoms with van der Waals surface area (Å²) in [4.78, 5) is 0. The van der Waals surface area contributed by atoms with E-state index in [1.165, 1.54) is 11.6 Å². The van der Waals surface area contributed by atoms with Gasteiger partial charge in [0.05, 0.1) is 6.61 Å². The molecule has 0 aliphatic carbocycles. The molecule has 92 valence electrons. The normalized spacial score (nSPS) is 13.2. The fraction of sp³-hybridized carbons (Fsp3) is 0.200. The van der Waals surface area contributed by atoms with Crippen molar-refractivity contribution in [3.05, 3.63) is 53.3 Å². The second kappa shape index (κ2) is 4.42. The van der Waals surface area contributed by atoms with Crippen molar-refractivity contribution in [1.29, 1.82) is 0 Å².